The van der Waals surface area contributed by atoms with Gasteiger partial charge in [0.05, 0.1) is 7.11 Å². The van der Waals surface area contributed by atoms with Crippen molar-refractivity contribution in [3.05, 3.63) is 29.3 Å². The van der Waals surface area contributed by atoms with Crippen LogP contribution in [0.4, 0.5) is 13.2 Å². The number of hydrogen-bond acceptors (Lipinski definition) is 2. The summed E-state index contributed by atoms with van der Waals surface area (Å²) in [5, 5.41) is 0. The molecule has 0 heterocycles. The van der Waals surface area contributed by atoms with Crippen molar-refractivity contribution < 1.29 is 17.9 Å². The highest BCUT2D eigenvalue weighted by atomic mass is 35.5. The average Bonchev–Trinajstić information content (AvgIpc) is 2.25. The van der Waals surface area contributed by atoms with Crippen molar-refractivity contribution in [3.63, 3.8) is 0 Å². The summed E-state index contributed by atoms with van der Waals surface area (Å²) < 4.78 is 42.7. The second-order valence-corrected chi connectivity index (χ2v) is 4.18. The van der Waals surface area contributed by atoms with Crippen LogP contribution in [-0.2, 0) is 0 Å². The van der Waals surface area contributed by atoms with Gasteiger partial charge in [-0.25, -0.2) is 0 Å². The first-order valence-electron chi connectivity index (χ1n) is 5.27. The highest BCUT2D eigenvalue weighted by Gasteiger charge is 2.39. The fraction of sp³-hybridized carbons (Fsp3) is 0.500. The first-order chi connectivity index (χ1) is 7.77. The Balaban J connectivity index is 0.00000289. The third kappa shape index (κ3) is 3.78. The van der Waals surface area contributed by atoms with Crippen molar-refractivity contribution in [3.8, 4) is 5.75 Å². The Morgan fingerprint density at radius 2 is 1.78 bits per heavy atom. The summed E-state index contributed by atoms with van der Waals surface area (Å²) in [4.78, 5) is 0. The minimum Gasteiger partial charge on any atom is -0.496 e. The molecule has 0 fully saturated rings. The van der Waals surface area contributed by atoms with E-state index in [9.17, 15) is 13.2 Å². The minimum atomic E-state index is -4.47. The smallest absolute Gasteiger partial charge is 0.407 e. The molecule has 18 heavy (non-hydrogen) atoms. The Morgan fingerprint density at radius 1 is 1.22 bits per heavy atom. The zero-order chi connectivity index (χ0) is 13.2. The first-order valence-corrected chi connectivity index (χ1v) is 5.27. The van der Waals surface area contributed by atoms with Gasteiger partial charge in [-0.15, -0.1) is 12.4 Å². The number of methoxy groups -OCH3 is 1. The van der Waals surface area contributed by atoms with Gasteiger partial charge in [0.15, 0.2) is 0 Å². The molecule has 0 unspecified atom stereocenters. The molecule has 6 heteroatoms. The van der Waals surface area contributed by atoms with Crippen LogP contribution in [-0.4, -0.2) is 13.3 Å². The van der Waals surface area contributed by atoms with Gasteiger partial charge in [0.1, 0.15) is 11.8 Å². The molecular formula is C12H17ClF3NO. The molecule has 0 saturated carbocycles. The maximum absolute atomic E-state index is 12.6. The van der Waals surface area contributed by atoms with Crippen LogP contribution >= 0.6 is 12.4 Å². The highest BCUT2D eigenvalue weighted by molar-refractivity contribution is 5.85. The van der Waals surface area contributed by atoms with E-state index in [4.69, 9.17) is 10.5 Å². The lowest BCUT2D eigenvalue weighted by molar-refractivity contribution is -0.149. The van der Waals surface area contributed by atoms with Crippen LogP contribution in [0, 0.1) is 0 Å². The maximum atomic E-state index is 12.6. The van der Waals surface area contributed by atoms with Gasteiger partial charge in [-0.3, -0.25) is 0 Å². The molecule has 0 aliphatic heterocycles. The van der Waals surface area contributed by atoms with E-state index in [1.54, 1.807) is 6.07 Å². The monoisotopic (exact) mass is 283 g/mol. The molecule has 1 rings (SSSR count). The van der Waals surface area contributed by atoms with Crippen molar-refractivity contribution >= 4 is 12.4 Å². The zero-order valence-electron chi connectivity index (χ0n) is 10.4. The van der Waals surface area contributed by atoms with Crippen LogP contribution in [0.15, 0.2) is 18.2 Å². The molecule has 0 saturated heterocycles. The summed E-state index contributed by atoms with van der Waals surface area (Å²) >= 11 is 0. The number of ether oxygens (including phenoxy) is 1. The number of alkyl halides is 3. The minimum absolute atomic E-state index is 0. The maximum Gasteiger partial charge on any atom is 0.407 e. The van der Waals surface area contributed by atoms with Gasteiger partial charge in [-0.05, 0) is 23.6 Å². The number of hydrogen-bond donors (Lipinski definition) is 1. The lowest BCUT2D eigenvalue weighted by Gasteiger charge is -2.20. The molecule has 0 aliphatic carbocycles. The molecule has 1 aromatic rings. The normalized spacial score (nSPS) is 13.1. The van der Waals surface area contributed by atoms with Gasteiger partial charge in [-0.2, -0.15) is 13.2 Å². The van der Waals surface area contributed by atoms with Crippen LogP contribution < -0.4 is 10.5 Å². The number of rotatable bonds is 3. The Kier molecular flexibility index (Phi) is 5.96. The standard InChI is InChI=1S/C12H16F3NO.ClH/c1-7(2)8-4-5-10(17-3)9(6-8)11(16)12(13,14)15;/h4-7,11H,16H2,1-3H3;1H/t11-;/m0./s1. The first kappa shape index (κ1) is 17.1. The summed E-state index contributed by atoms with van der Waals surface area (Å²) in [6, 6.07) is 2.71. The number of benzene rings is 1. The second kappa shape index (κ2) is 6.29. The predicted octanol–water partition coefficient (Wildman–Crippen LogP) is 3.80. The molecule has 1 atom stereocenters. The van der Waals surface area contributed by atoms with E-state index in [0.717, 1.165) is 5.56 Å². The lowest BCUT2D eigenvalue weighted by Crippen LogP contribution is -2.29. The van der Waals surface area contributed by atoms with Gasteiger partial charge >= 0.3 is 6.18 Å². The largest absolute Gasteiger partial charge is 0.496 e. The van der Waals surface area contributed by atoms with E-state index < -0.39 is 12.2 Å². The van der Waals surface area contributed by atoms with E-state index in [2.05, 4.69) is 0 Å². The quantitative estimate of drug-likeness (QED) is 0.916. The SMILES string of the molecule is COc1ccc(C(C)C)cc1[C@H](N)C(F)(F)F.Cl. The van der Waals surface area contributed by atoms with Crippen LogP contribution in [0.5, 0.6) is 5.75 Å². The molecule has 0 bridgehead atoms. The molecule has 0 aliphatic rings. The Hall–Kier alpha value is -0.940. The van der Waals surface area contributed by atoms with Crippen molar-refractivity contribution in [1.29, 1.82) is 0 Å². The van der Waals surface area contributed by atoms with Gasteiger partial charge in [0.25, 0.3) is 0 Å². The number of nitrogens with two attached hydrogens (primary N) is 1. The molecule has 2 N–H and O–H groups in total. The summed E-state index contributed by atoms with van der Waals surface area (Å²) in [7, 11) is 1.33. The Morgan fingerprint density at radius 3 is 2.17 bits per heavy atom. The van der Waals surface area contributed by atoms with Crippen molar-refractivity contribution in [1.82, 2.24) is 0 Å². The summed E-state index contributed by atoms with van der Waals surface area (Å²) in [5.41, 5.74) is 6.00. The molecule has 0 spiro atoms. The highest BCUT2D eigenvalue weighted by Crippen LogP contribution is 2.36. The van der Waals surface area contributed by atoms with Gasteiger partial charge in [0.2, 0.25) is 0 Å². The predicted molar refractivity (Wildman–Crippen MR) is 67.3 cm³/mol. The average molecular weight is 284 g/mol. The third-order valence-electron chi connectivity index (χ3n) is 2.61. The van der Waals surface area contributed by atoms with Crippen molar-refractivity contribution in [2.75, 3.05) is 7.11 Å². The van der Waals surface area contributed by atoms with Crippen LogP contribution in [0.2, 0.25) is 0 Å². The van der Waals surface area contributed by atoms with Crippen molar-refractivity contribution in [2.45, 2.75) is 32.0 Å². The van der Waals surface area contributed by atoms with Crippen LogP contribution in [0.25, 0.3) is 0 Å². The Bertz CT molecular complexity index is 393. The molecule has 0 aromatic heterocycles. The molecule has 2 nitrogen and oxygen atoms in total. The van der Waals surface area contributed by atoms with E-state index >= 15 is 0 Å². The van der Waals surface area contributed by atoms with E-state index in [1.165, 1.54) is 19.2 Å². The van der Waals surface area contributed by atoms with E-state index in [1.807, 2.05) is 13.8 Å². The fourth-order valence-electron chi connectivity index (χ4n) is 1.53. The Labute approximate surface area is 111 Å². The fourth-order valence-corrected chi connectivity index (χ4v) is 1.53. The molecule has 104 valence electrons. The van der Waals surface area contributed by atoms with Crippen molar-refractivity contribution in [2.24, 2.45) is 5.73 Å². The van der Waals surface area contributed by atoms with Gasteiger partial charge < -0.3 is 10.5 Å². The van der Waals surface area contributed by atoms with E-state index in [0.29, 0.717) is 0 Å². The third-order valence-corrected chi connectivity index (χ3v) is 2.61. The number of halogens is 4. The summed E-state index contributed by atoms with van der Waals surface area (Å²) in [6.45, 7) is 3.81. The molecular weight excluding hydrogens is 267 g/mol. The lowest BCUT2D eigenvalue weighted by atomic mass is 9.97. The van der Waals surface area contributed by atoms with Gasteiger partial charge in [-0.1, -0.05) is 19.9 Å². The van der Waals surface area contributed by atoms with Crippen LogP contribution in [0.3, 0.4) is 0 Å². The van der Waals surface area contributed by atoms with Crippen LogP contribution in [0.1, 0.15) is 36.9 Å². The molecule has 1 aromatic carbocycles. The van der Waals surface area contributed by atoms with Gasteiger partial charge in [0, 0.05) is 5.56 Å². The molecule has 0 radical (unpaired) electrons. The molecule has 0 amide bonds. The topological polar surface area (TPSA) is 35.2 Å². The van der Waals surface area contributed by atoms with E-state index in [-0.39, 0.29) is 29.6 Å². The summed E-state index contributed by atoms with van der Waals surface area (Å²) in [6.07, 6.45) is -4.47. The zero-order valence-corrected chi connectivity index (χ0v) is 11.2. The summed E-state index contributed by atoms with van der Waals surface area (Å²) in [5.74, 6) is 0.305. The second-order valence-electron chi connectivity index (χ2n) is 4.18.